The highest BCUT2D eigenvalue weighted by molar-refractivity contribution is 7.09. The third-order valence-electron chi connectivity index (χ3n) is 2.98. The van der Waals surface area contributed by atoms with Gasteiger partial charge in [-0.1, -0.05) is 19.9 Å². The zero-order chi connectivity index (χ0) is 14.3. The summed E-state index contributed by atoms with van der Waals surface area (Å²) >= 11 is 1.70. The first-order chi connectivity index (χ1) is 8.93. The Labute approximate surface area is 119 Å². The van der Waals surface area contributed by atoms with Crippen molar-refractivity contribution in [1.82, 2.24) is 10.6 Å². The van der Waals surface area contributed by atoms with Crippen molar-refractivity contribution >= 4 is 17.4 Å². The normalized spacial score (nSPS) is 13.1. The summed E-state index contributed by atoms with van der Waals surface area (Å²) in [6.07, 6.45) is 1.53. The van der Waals surface area contributed by atoms with E-state index in [1.165, 1.54) is 4.88 Å². The lowest BCUT2D eigenvalue weighted by Gasteiger charge is -2.24. The summed E-state index contributed by atoms with van der Waals surface area (Å²) in [4.78, 5) is 13.0. The van der Waals surface area contributed by atoms with Crippen LogP contribution in [0, 0.1) is 5.41 Å². The number of amides is 2. The minimum Gasteiger partial charge on any atom is -0.396 e. The molecule has 0 bridgehead atoms. The maximum atomic E-state index is 11.8. The minimum atomic E-state index is -0.143. The Morgan fingerprint density at radius 1 is 1.53 bits per heavy atom. The molecule has 3 N–H and O–H groups in total. The van der Waals surface area contributed by atoms with E-state index in [0.29, 0.717) is 13.0 Å². The Morgan fingerprint density at radius 2 is 2.26 bits per heavy atom. The number of aliphatic hydroxyl groups excluding tert-OH is 1. The minimum absolute atomic E-state index is 0.0803. The number of carbonyl (C=O) groups is 1. The van der Waals surface area contributed by atoms with Crippen molar-refractivity contribution in [2.45, 2.75) is 39.7 Å². The van der Waals surface area contributed by atoms with Crippen molar-refractivity contribution < 1.29 is 9.90 Å². The molecular weight excluding hydrogens is 260 g/mol. The number of thiophene rings is 1. The molecule has 0 spiro atoms. The monoisotopic (exact) mass is 284 g/mol. The Morgan fingerprint density at radius 3 is 2.84 bits per heavy atom. The largest absolute Gasteiger partial charge is 0.396 e. The molecule has 1 aromatic rings. The lowest BCUT2D eigenvalue weighted by atomic mass is 9.90. The summed E-state index contributed by atoms with van der Waals surface area (Å²) < 4.78 is 0. The number of hydrogen-bond donors (Lipinski definition) is 3. The molecule has 1 heterocycles. The average molecular weight is 284 g/mol. The van der Waals surface area contributed by atoms with Gasteiger partial charge in [0, 0.05) is 30.5 Å². The fraction of sp³-hybridized carbons (Fsp3) is 0.643. The molecule has 2 amide bonds. The van der Waals surface area contributed by atoms with Gasteiger partial charge in [0.15, 0.2) is 0 Å². The van der Waals surface area contributed by atoms with E-state index in [1.807, 2.05) is 32.2 Å². The smallest absolute Gasteiger partial charge is 0.315 e. The van der Waals surface area contributed by atoms with Crippen molar-refractivity contribution in [3.8, 4) is 0 Å². The average Bonchev–Trinajstić information content (AvgIpc) is 2.79. The van der Waals surface area contributed by atoms with Gasteiger partial charge in [0.1, 0.15) is 0 Å². The zero-order valence-corrected chi connectivity index (χ0v) is 12.7. The molecule has 1 rings (SSSR count). The molecule has 1 unspecified atom stereocenters. The first kappa shape index (κ1) is 16.0. The molecular formula is C14H24N2O2S. The molecule has 0 aliphatic carbocycles. The Balaban J connectivity index is 2.27. The zero-order valence-electron chi connectivity index (χ0n) is 11.9. The molecule has 0 fully saturated rings. The number of rotatable bonds is 7. The van der Waals surface area contributed by atoms with Gasteiger partial charge in [0.25, 0.3) is 0 Å². The second-order valence-corrected chi connectivity index (χ2v) is 6.68. The third kappa shape index (κ3) is 6.59. The Kier molecular flexibility index (Phi) is 6.31. The van der Waals surface area contributed by atoms with Gasteiger partial charge in [-0.05, 0) is 30.2 Å². The lowest BCUT2D eigenvalue weighted by Crippen LogP contribution is -2.44. The van der Waals surface area contributed by atoms with Crippen LogP contribution in [0.3, 0.4) is 0 Å². The molecule has 1 aromatic heterocycles. The van der Waals surface area contributed by atoms with Gasteiger partial charge in [-0.25, -0.2) is 4.79 Å². The van der Waals surface area contributed by atoms with Crippen LogP contribution in [0.4, 0.5) is 4.79 Å². The summed E-state index contributed by atoms with van der Waals surface area (Å²) in [5.74, 6) is 0. The Hall–Kier alpha value is -1.07. The van der Waals surface area contributed by atoms with Crippen molar-refractivity contribution in [3.63, 3.8) is 0 Å². The van der Waals surface area contributed by atoms with E-state index in [9.17, 15) is 4.79 Å². The summed E-state index contributed by atoms with van der Waals surface area (Å²) in [7, 11) is 0. The van der Waals surface area contributed by atoms with Gasteiger partial charge >= 0.3 is 6.03 Å². The summed E-state index contributed by atoms with van der Waals surface area (Å²) in [6, 6.07) is 4.06. The second-order valence-electron chi connectivity index (χ2n) is 5.65. The van der Waals surface area contributed by atoms with Gasteiger partial charge in [0.2, 0.25) is 0 Å². The number of carbonyl (C=O) groups excluding carboxylic acids is 1. The first-order valence-corrected chi connectivity index (χ1v) is 7.48. The van der Waals surface area contributed by atoms with Crippen LogP contribution in [0.15, 0.2) is 17.5 Å². The summed E-state index contributed by atoms with van der Waals surface area (Å²) in [5.41, 5.74) is -0.0803. The van der Waals surface area contributed by atoms with E-state index in [4.69, 9.17) is 5.11 Å². The fourth-order valence-corrected chi connectivity index (χ4v) is 2.60. The Bertz CT molecular complexity index is 377. The highest BCUT2D eigenvalue weighted by atomic mass is 32.1. The standard InChI is InChI=1S/C14H24N2O2S/c1-11(9-12-5-4-8-19-12)16-13(18)15-10-14(2,3)6-7-17/h4-5,8,11,17H,6-7,9-10H2,1-3H3,(H2,15,16,18). The van der Waals surface area contributed by atoms with Crippen LogP contribution in [0.5, 0.6) is 0 Å². The number of urea groups is 1. The highest BCUT2D eigenvalue weighted by Crippen LogP contribution is 2.17. The van der Waals surface area contributed by atoms with Crippen molar-refractivity contribution in [2.75, 3.05) is 13.2 Å². The molecule has 1 atom stereocenters. The molecule has 0 radical (unpaired) electrons. The van der Waals surface area contributed by atoms with Gasteiger partial charge in [-0.15, -0.1) is 11.3 Å². The second kappa shape index (κ2) is 7.50. The van der Waals surface area contributed by atoms with E-state index in [1.54, 1.807) is 11.3 Å². The highest BCUT2D eigenvalue weighted by Gasteiger charge is 2.18. The van der Waals surface area contributed by atoms with Crippen LogP contribution in [-0.4, -0.2) is 30.3 Å². The van der Waals surface area contributed by atoms with Crippen LogP contribution in [0.1, 0.15) is 32.1 Å². The van der Waals surface area contributed by atoms with Crippen LogP contribution in [0.2, 0.25) is 0 Å². The fourth-order valence-electron chi connectivity index (χ4n) is 1.77. The van der Waals surface area contributed by atoms with Crippen molar-refractivity contribution in [2.24, 2.45) is 5.41 Å². The maximum Gasteiger partial charge on any atom is 0.315 e. The van der Waals surface area contributed by atoms with E-state index >= 15 is 0 Å². The first-order valence-electron chi connectivity index (χ1n) is 6.60. The van der Waals surface area contributed by atoms with Crippen LogP contribution in [0.25, 0.3) is 0 Å². The predicted octanol–water partition coefficient (Wildman–Crippen LogP) is 2.39. The number of nitrogens with one attached hydrogen (secondary N) is 2. The predicted molar refractivity (Wildman–Crippen MR) is 79.5 cm³/mol. The van der Waals surface area contributed by atoms with Crippen LogP contribution in [-0.2, 0) is 6.42 Å². The lowest BCUT2D eigenvalue weighted by molar-refractivity contribution is 0.200. The molecule has 0 aliphatic heterocycles. The SMILES string of the molecule is CC(Cc1cccs1)NC(=O)NCC(C)(C)CCO. The third-order valence-corrected chi connectivity index (χ3v) is 3.88. The maximum absolute atomic E-state index is 11.8. The van der Waals surface area contributed by atoms with E-state index in [2.05, 4.69) is 16.7 Å². The summed E-state index contributed by atoms with van der Waals surface area (Å²) in [6.45, 7) is 6.76. The van der Waals surface area contributed by atoms with Gasteiger partial charge < -0.3 is 15.7 Å². The van der Waals surface area contributed by atoms with E-state index < -0.39 is 0 Å². The molecule has 19 heavy (non-hydrogen) atoms. The number of aliphatic hydroxyl groups is 1. The molecule has 0 aromatic carbocycles. The summed E-state index contributed by atoms with van der Waals surface area (Å²) in [5, 5.41) is 16.8. The van der Waals surface area contributed by atoms with E-state index in [0.717, 1.165) is 6.42 Å². The van der Waals surface area contributed by atoms with Gasteiger partial charge in [0.05, 0.1) is 0 Å². The van der Waals surface area contributed by atoms with Crippen molar-refractivity contribution in [3.05, 3.63) is 22.4 Å². The molecule has 108 valence electrons. The molecule has 0 saturated heterocycles. The molecule has 4 nitrogen and oxygen atoms in total. The molecule has 0 saturated carbocycles. The number of hydrogen-bond acceptors (Lipinski definition) is 3. The molecule has 5 heteroatoms. The molecule has 0 aliphatic rings. The quantitative estimate of drug-likeness (QED) is 0.720. The van der Waals surface area contributed by atoms with Gasteiger partial charge in [-0.2, -0.15) is 0 Å². The van der Waals surface area contributed by atoms with E-state index in [-0.39, 0.29) is 24.1 Å². The van der Waals surface area contributed by atoms with Gasteiger partial charge in [-0.3, -0.25) is 0 Å². The van der Waals surface area contributed by atoms with Crippen LogP contribution < -0.4 is 10.6 Å². The van der Waals surface area contributed by atoms with Crippen molar-refractivity contribution in [1.29, 1.82) is 0 Å². The van der Waals surface area contributed by atoms with Crippen LogP contribution >= 0.6 is 11.3 Å². The topological polar surface area (TPSA) is 61.4 Å².